The highest BCUT2D eigenvalue weighted by Gasteiger charge is 2.18. The van der Waals surface area contributed by atoms with Gasteiger partial charge in [0.15, 0.2) is 5.82 Å². The predicted molar refractivity (Wildman–Crippen MR) is 76.5 cm³/mol. The number of hydrogen-bond acceptors (Lipinski definition) is 3. The number of carbonyl (C=O) groups is 1. The second-order valence-electron chi connectivity index (χ2n) is 5.08. The highest BCUT2D eigenvalue weighted by Crippen LogP contribution is 2.32. The SMILES string of the molecule is Cc1ccc(C(C)C)c(Oc2nccc(C(=O)O)c2F)c1. The van der Waals surface area contributed by atoms with Crippen LogP contribution in [0.5, 0.6) is 11.6 Å². The molecule has 1 heterocycles. The van der Waals surface area contributed by atoms with E-state index in [9.17, 15) is 9.18 Å². The first-order valence-corrected chi connectivity index (χ1v) is 6.56. The average Bonchev–Trinajstić information content (AvgIpc) is 2.40. The quantitative estimate of drug-likeness (QED) is 0.918. The Bertz CT molecular complexity index is 683. The molecule has 2 aromatic rings. The fraction of sp³-hybridized carbons (Fsp3) is 0.250. The smallest absolute Gasteiger partial charge is 0.338 e. The lowest BCUT2D eigenvalue weighted by Crippen LogP contribution is -2.04. The summed E-state index contributed by atoms with van der Waals surface area (Å²) in [4.78, 5) is 14.7. The molecule has 0 unspecified atom stereocenters. The first-order chi connectivity index (χ1) is 9.90. The van der Waals surface area contributed by atoms with E-state index in [1.807, 2.05) is 32.9 Å². The van der Waals surface area contributed by atoms with Crippen LogP contribution >= 0.6 is 0 Å². The Morgan fingerprint density at radius 3 is 2.67 bits per heavy atom. The summed E-state index contributed by atoms with van der Waals surface area (Å²) in [7, 11) is 0. The summed E-state index contributed by atoms with van der Waals surface area (Å²) in [5.41, 5.74) is 1.41. The molecule has 0 amide bonds. The molecule has 0 aliphatic rings. The van der Waals surface area contributed by atoms with Crippen LogP contribution in [0.1, 0.15) is 41.3 Å². The van der Waals surface area contributed by atoms with Gasteiger partial charge in [-0.25, -0.2) is 14.2 Å². The van der Waals surface area contributed by atoms with Gasteiger partial charge in [0, 0.05) is 6.20 Å². The lowest BCUT2D eigenvalue weighted by atomic mass is 10.0. The normalized spacial score (nSPS) is 10.7. The highest BCUT2D eigenvalue weighted by atomic mass is 19.1. The molecule has 0 saturated heterocycles. The van der Waals surface area contributed by atoms with Gasteiger partial charge in [0.1, 0.15) is 11.3 Å². The zero-order chi connectivity index (χ0) is 15.6. The van der Waals surface area contributed by atoms with Gasteiger partial charge in [-0.05, 0) is 36.1 Å². The van der Waals surface area contributed by atoms with E-state index < -0.39 is 17.3 Å². The second-order valence-corrected chi connectivity index (χ2v) is 5.08. The molecule has 1 N–H and O–H groups in total. The molecular formula is C16H16FNO3. The fourth-order valence-corrected chi connectivity index (χ4v) is 1.97. The molecule has 110 valence electrons. The van der Waals surface area contributed by atoms with Crippen LogP contribution in [0.25, 0.3) is 0 Å². The van der Waals surface area contributed by atoms with Crippen molar-refractivity contribution in [3.05, 3.63) is 53.0 Å². The van der Waals surface area contributed by atoms with E-state index in [-0.39, 0.29) is 11.8 Å². The summed E-state index contributed by atoms with van der Waals surface area (Å²) in [6.45, 7) is 5.89. The number of benzene rings is 1. The summed E-state index contributed by atoms with van der Waals surface area (Å²) >= 11 is 0. The van der Waals surface area contributed by atoms with E-state index in [1.54, 1.807) is 6.07 Å². The van der Waals surface area contributed by atoms with Crippen molar-refractivity contribution in [3.8, 4) is 11.6 Å². The molecule has 0 saturated carbocycles. The van der Waals surface area contributed by atoms with Crippen molar-refractivity contribution in [2.75, 3.05) is 0 Å². The number of aromatic carboxylic acids is 1. The Morgan fingerprint density at radius 1 is 1.33 bits per heavy atom. The van der Waals surface area contributed by atoms with Crippen molar-refractivity contribution in [1.82, 2.24) is 4.98 Å². The van der Waals surface area contributed by atoms with Gasteiger partial charge in [-0.15, -0.1) is 0 Å². The van der Waals surface area contributed by atoms with Crippen LogP contribution in [0.3, 0.4) is 0 Å². The first kappa shape index (κ1) is 15.0. The second kappa shape index (κ2) is 5.91. The monoisotopic (exact) mass is 289 g/mol. The summed E-state index contributed by atoms with van der Waals surface area (Å²) in [5, 5.41) is 8.92. The van der Waals surface area contributed by atoms with Gasteiger partial charge in [-0.2, -0.15) is 0 Å². The van der Waals surface area contributed by atoms with Crippen LogP contribution in [0.15, 0.2) is 30.5 Å². The number of nitrogens with zero attached hydrogens (tertiary/aromatic N) is 1. The minimum Gasteiger partial charge on any atom is -0.478 e. The average molecular weight is 289 g/mol. The van der Waals surface area contributed by atoms with E-state index in [2.05, 4.69) is 4.98 Å². The van der Waals surface area contributed by atoms with Crippen LogP contribution in [-0.4, -0.2) is 16.1 Å². The third-order valence-corrected chi connectivity index (χ3v) is 3.09. The number of carboxylic acid groups (broad SMARTS) is 1. The van der Waals surface area contributed by atoms with Crippen LogP contribution in [0, 0.1) is 12.7 Å². The van der Waals surface area contributed by atoms with Gasteiger partial charge in [0.2, 0.25) is 0 Å². The Morgan fingerprint density at radius 2 is 2.05 bits per heavy atom. The van der Waals surface area contributed by atoms with Crippen LogP contribution in [0.2, 0.25) is 0 Å². The van der Waals surface area contributed by atoms with Crippen molar-refractivity contribution in [1.29, 1.82) is 0 Å². The number of ether oxygens (including phenoxy) is 1. The van der Waals surface area contributed by atoms with Gasteiger partial charge in [-0.3, -0.25) is 0 Å². The van der Waals surface area contributed by atoms with Gasteiger partial charge in [0.25, 0.3) is 5.88 Å². The number of hydrogen-bond donors (Lipinski definition) is 1. The predicted octanol–water partition coefficient (Wildman–Crippen LogP) is 4.14. The Hall–Kier alpha value is -2.43. The van der Waals surface area contributed by atoms with E-state index in [4.69, 9.17) is 9.84 Å². The van der Waals surface area contributed by atoms with Crippen molar-refractivity contribution in [2.45, 2.75) is 26.7 Å². The molecule has 21 heavy (non-hydrogen) atoms. The van der Waals surface area contributed by atoms with Crippen molar-refractivity contribution < 1.29 is 19.0 Å². The highest BCUT2D eigenvalue weighted by molar-refractivity contribution is 5.88. The minimum atomic E-state index is -1.35. The standard InChI is InChI=1S/C16H16FNO3/c1-9(2)11-5-4-10(3)8-13(11)21-15-14(17)12(16(19)20)6-7-18-15/h4-9H,1-3H3,(H,19,20). The van der Waals surface area contributed by atoms with Gasteiger partial charge < -0.3 is 9.84 Å². The first-order valence-electron chi connectivity index (χ1n) is 6.56. The van der Waals surface area contributed by atoms with Crippen molar-refractivity contribution >= 4 is 5.97 Å². The number of pyridine rings is 1. The molecule has 0 radical (unpaired) electrons. The number of carboxylic acids is 1. The summed E-state index contributed by atoms with van der Waals surface area (Å²) in [5.74, 6) is -1.98. The summed E-state index contributed by atoms with van der Waals surface area (Å²) < 4.78 is 19.6. The molecule has 1 aromatic heterocycles. The van der Waals surface area contributed by atoms with Gasteiger partial charge in [0.05, 0.1) is 0 Å². The third-order valence-electron chi connectivity index (χ3n) is 3.09. The Labute approximate surface area is 122 Å². The van der Waals surface area contributed by atoms with E-state index in [0.29, 0.717) is 5.75 Å². The molecule has 0 aliphatic heterocycles. The number of halogens is 1. The summed E-state index contributed by atoms with van der Waals surface area (Å²) in [6.07, 6.45) is 1.21. The molecule has 0 fully saturated rings. The van der Waals surface area contributed by atoms with Crippen molar-refractivity contribution in [2.24, 2.45) is 0 Å². The molecular weight excluding hydrogens is 273 g/mol. The Kier molecular flexibility index (Phi) is 4.21. The molecule has 0 spiro atoms. The van der Waals surface area contributed by atoms with E-state index in [0.717, 1.165) is 17.2 Å². The maximum atomic E-state index is 14.1. The molecule has 5 heteroatoms. The van der Waals surface area contributed by atoms with Crippen LogP contribution in [-0.2, 0) is 0 Å². The molecule has 0 bridgehead atoms. The molecule has 4 nitrogen and oxygen atoms in total. The van der Waals surface area contributed by atoms with Gasteiger partial charge in [-0.1, -0.05) is 26.0 Å². The third kappa shape index (κ3) is 3.18. The maximum Gasteiger partial charge on any atom is 0.338 e. The van der Waals surface area contributed by atoms with Gasteiger partial charge >= 0.3 is 5.97 Å². The topological polar surface area (TPSA) is 59.4 Å². The van der Waals surface area contributed by atoms with E-state index in [1.165, 1.54) is 6.20 Å². The zero-order valence-electron chi connectivity index (χ0n) is 12.1. The number of rotatable bonds is 4. The number of aryl methyl sites for hydroxylation is 1. The number of aromatic nitrogens is 1. The summed E-state index contributed by atoms with van der Waals surface area (Å²) in [6, 6.07) is 6.74. The molecule has 2 rings (SSSR count). The lowest BCUT2D eigenvalue weighted by Gasteiger charge is -2.14. The molecule has 0 atom stereocenters. The van der Waals surface area contributed by atoms with Crippen LogP contribution in [0.4, 0.5) is 4.39 Å². The maximum absolute atomic E-state index is 14.1. The van der Waals surface area contributed by atoms with Crippen LogP contribution < -0.4 is 4.74 Å². The molecule has 0 aliphatic carbocycles. The van der Waals surface area contributed by atoms with E-state index >= 15 is 0 Å². The lowest BCUT2D eigenvalue weighted by molar-refractivity contribution is 0.0690. The fourth-order valence-electron chi connectivity index (χ4n) is 1.97. The Balaban J connectivity index is 2.46. The van der Waals surface area contributed by atoms with Crippen molar-refractivity contribution in [3.63, 3.8) is 0 Å². The largest absolute Gasteiger partial charge is 0.478 e. The zero-order valence-corrected chi connectivity index (χ0v) is 12.1. The molecule has 1 aromatic carbocycles. The minimum absolute atomic E-state index is 0.186.